The summed E-state index contributed by atoms with van der Waals surface area (Å²) in [6.45, 7) is 9.59. The van der Waals surface area contributed by atoms with Crippen molar-refractivity contribution in [3.8, 4) is 0 Å². The Kier molecular flexibility index (Phi) is 4.39. The van der Waals surface area contributed by atoms with Crippen molar-refractivity contribution >= 4 is 5.96 Å². The van der Waals surface area contributed by atoms with Crippen molar-refractivity contribution in [3.63, 3.8) is 0 Å². The predicted molar refractivity (Wildman–Crippen MR) is 75.7 cm³/mol. The number of hydrogen-bond acceptors (Lipinski definition) is 3. The lowest BCUT2D eigenvalue weighted by molar-refractivity contribution is 0.277. The Morgan fingerprint density at radius 2 is 2.05 bits per heavy atom. The van der Waals surface area contributed by atoms with E-state index >= 15 is 0 Å². The molecule has 6 heteroatoms. The van der Waals surface area contributed by atoms with Crippen molar-refractivity contribution in [2.75, 3.05) is 13.1 Å². The van der Waals surface area contributed by atoms with Crippen molar-refractivity contribution < 1.29 is 0 Å². The molecule has 0 aromatic carbocycles. The van der Waals surface area contributed by atoms with E-state index in [9.17, 15) is 0 Å². The minimum Gasteiger partial charge on any atom is -0.370 e. The van der Waals surface area contributed by atoms with Gasteiger partial charge in [0.25, 0.3) is 0 Å². The smallest absolute Gasteiger partial charge is 0.191 e. The van der Waals surface area contributed by atoms with Crippen LogP contribution in [0.15, 0.2) is 4.99 Å². The molecule has 0 radical (unpaired) electrons. The third-order valence-corrected chi connectivity index (χ3v) is 3.70. The van der Waals surface area contributed by atoms with Crippen LogP contribution in [0.2, 0.25) is 0 Å². The third kappa shape index (κ3) is 3.45. The van der Waals surface area contributed by atoms with Gasteiger partial charge in [-0.3, -0.25) is 0 Å². The molecule has 1 fully saturated rings. The molecule has 0 spiro atoms. The molecule has 1 aromatic rings. The fourth-order valence-electron chi connectivity index (χ4n) is 2.25. The van der Waals surface area contributed by atoms with E-state index in [1.807, 2.05) is 13.8 Å². The van der Waals surface area contributed by atoms with Gasteiger partial charge >= 0.3 is 0 Å². The third-order valence-electron chi connectivity index (χ3n) is 3.70. The van der Waals surface area contributed by atoms with Crippen LogP contribution in [-0.4, -0.2) is 38.9 Å². The van der Waals surface area contributed by atoms with Gasteiger partial charge < -0.3 is 10.6 Å². The molecular weight excluding hydrogens is 240 g/mol. The first-order valence-corrected chi connectivity index (χ1v) is 7.05. The normalized spacial score (nSPS) is 18.1. The maximum absolute atomic E-state index is 6.05. The Balaban J connectivity index is 1.95. The van der Waals surface area contributed by atoms with Crippen molar-refractivity contribution in [2.24, 2.45) is 16.6 Å². The van der Waals surface area contributed by atoms with Crippen molar-refractivity contribution in [2.45, 2.75) is 46.7 Å². The number of likely N-dealkylation sites (tertiary alicyclic amines) is 1. The SMILES string of the molecule is CCn1nc(C)c(CN=C(N)N2CCC(C)CC2)n1. The molecule has 1 aliphatic heterocycles. The highest BCUT2D eigenvalue weighted by molar-refractivity contribution is 5.78. The molecule has 2 N–H and O–H groups in total. The Morgan fingerprint density at radius 1 is 1.37 bits per heavy atom. The van der Waals surface area contributed by atoms with Crippen molar-refractivity contribution in [1.82, 2.24) is 19.9 Å². The summed E-state index contributed by atoms with van der Waals surface area (Å²) in [7, 11) is 0. The average molecular weight is 264 g/mol. The molecule has 106 valence electrons. The Bertz CT molecular complexity index is 442. The van der Waals surface area contributed by atoms with Crippen LogP contribution >= 0.6 is 0 Å². The number of hydrogen-bond donors (Lipinski definition) is 1. The zero-order valence-corrected chi connectivity index (χ0v) is 12.1. The molecular formula is C13H24N6. The first-order chi connectivity index (χ1) is 9.10. The number of nitrogens with two attached hydrogens (primary N) is 1. The second-order valence-electron chi connectivity index (χ2n) is 5.26. The van der Waals surface area contributed by atoms with Gasteiger partial charge in [-0.2, -0.15) is 15.0 Å². The van der Waals surface area contributed by atoms with Crippen molar-refractivity contribution in [1.29, 1.82) is 0 Å². The first-order valence-electron chi connectivity index (χ1n) is 7.05. The van der Waals surface area contributed by atoms with Gasteiger partial charge in [0, 0.05) is 13.1 Å². The summed E-state index contributed by atoms with van der Waals surface area (Å²) >= 11 is 0. The minimum atomic E-state index is 0.518. The minimum absolute atomic E-state index is 0.518. The van der Waals surface area contributed by atoms with E-state index in [-0.39, 0.29) is 0 Å². The van der Waals surface area contributed by atoms with E-state index in [1.165, 1.54) is 12.8 Å². The van der Waals surface area contributed by atoms with E-state index in [2.05, 4.69) is 27.0 Å². The number of nitrogens with zero attached hydrogens (tertiary/aromatic N) is 5. The maximum Gasteiger partial charge on any atom is 0.191 e. The Morgan fingerprint density at radius 3 is 2.63 bits per heavy atom. The van der Waals surface area contributed by atoms with Crippen LogP contribution < -0.4 is 5.73 Å². The summed E-state index contributed by atoms with van der Waals surface area (Å²) in [5.41, 5.74) is 7.90. The van der Waals surface area contributed by atoms with Gasteiger partial charge in [-0.05, 0) is 32.6 Å². The average Bonchev–Trinajstić information content (AvgIpc) is 2.77. The molecule has 0 amide bonds. The van der Waals surface area contributed by atoms with E-state index in [0.717, 1.165) is 36.9 Å². The fourth-order valence-corrected chi connectivity index (χ4v) is 2.25. The first kappa shape index (κ1) is 13.8. The highest BCUT2D eigenvalue weighted by Crippen LogP contribution is 2.15. The summed E-state index contributed by atoms with van der Waals surface area (Å²) in [5.74, 6) is 1.44. The van der Waals surface area contributed by atoms with Crippen LogP contribution in [-0.2, 0) is 13.1 Å². The van der Waals surface area contributed by atoms with E-state index in [1.54, 1.807) is 4.80 Å². The zero-order valence-electron chi connectivity index (χ0n) is 12.1. The monoisotopic (exact) mass is 264 g/mol. The van der Waals surface area contributed by atoms with E-state index in [4.69, 9.17) is 5.73 Å². The second-order valence-corrected chi connectivity index (χ2v) is 5.26. The Labute approximate surface area is 114 Å². The summed E-state index contributed by atoms with van der Waals surface area (Å²) < 4.78 is 0. The van der Waals surface area contributed by atoms with Crippen LogP contribution in [0.4, 0.5) is 0 Å². The second kappa shape index (κ2) is 6.04. The molecule has 1 aliphatic rings. The fraction of sp³-hybridized carbons (Fsp3) is 0.769. The molecule has 6 nitrogen and oxygen atoms in total. The molecule has 1 aromatic heterocycles. The van der Waals surface area contributed by atoms with Gasteiger partial charge in [0.2, 0.25) is 0 Å². The van der Waals surface area contributed by atoms with Crippen LogP contribution in [0.5, 0.6) is 0 Å². The Hall–Kier alpha value is -1.59. The number of piperidine rings is 1. The van der Waals surface area contributed by atoms with Crippen LogP contribution in [0, 0.1) is 12.8 Å². The molecule has 0 saturated carbocycles. The quantitative estimate of drug-likeness (QED) is 0.656. The van der Waals surface area contributed by atoms with Gasteiger partial charge in [0.15, 0.2) is 5.96 Å². The van der Waals surface area contributed by atoms with Gasteiger partial charge in [0.05, 0.1) is 18.8 Å². The largest absolute Gasteiger partial charge is 0.370 e. The summed E-state index contributed by atoms with van der Waals surface area (Å²) in [6.07, 6.45) is 2.39. The van der Waals surface area contributed by atoms with Gasteiger partial charge in [0.1, 0.15) is 5.69 Å². The highest BCUT2D eigenvalue weighted by Gasteiger charge is 2.17. The summed E-state index contributed by atoms with van der Waals surface area (Å²) in [5, 5.41) is 8.69. The lowest BCUT2D eigenvalue weighted by Gasteiger charge is -2.30. The van der Waals surface area contributed by atoms with Crippen LogP contribution in [0.25, 0.3) is 0 Å². The molecule has 0 atom stereocenters. The van der Waals surface area contributed by atoms with Gasteiger partial charge in [-0.1, -0.05) is 6.92 Å². The predicted octanol–water partition coefficient (Wildman–Crippen LogP) is 1.15. The lowest BCUT2D eigenvalue weighted by Crippen LogP contribution is -2.42. The molecule has 0 bridgehead atoms. The molecule has 0 aliphatic carbocycles. The van der Waals surface area contributed by atoms with Gasteiger partial charge in [-0.15, -0.1) is 0 Å². The maximum atomic E-state index is 6.05. The highest BCUT2D eigenvalue weighted by atomic mass is 15.5. The molecule has 0 unspecified atom stereocenters. The van der Waals surface area contributed by atoms with E-state index < -0.39 is 0 Å². The molecule has 2 rings (SSSR count). The lowest BCUT2D eigenvalue weighted by atomic mass is 10.00. The molecule has 1 saturated heterocycles. The van der Waals surface area contributed by atoms with Crippen LogP contribution in [0.1, 0.15) is 38.1 Å². The number of aromatic nitrogens is 3. The van der Waals surface area contributed by atoms with Crippen LogP contribution in [0.3, 0.4) is 0 Å². The zero-order chi connectivity index (χ0) is 13.8. The number of aliphatic imine (C=N–C) groups is 1. The summed E-state index contributed by atoms with van der Waals surface area (Å²) in [6, 6.07) is 0. The molecule has 19 heavy (non-hydrogen) atoms. The number of guanidine groups is 1. The molecule has 2 heterocycles. The van der Waals surface area contributed by atoms with E-state index in [0.29, 0.717) is 12.5 Å². The number of aryl methyl sites for hydroxylation is 2. The topological polar surface area (TPSA) is 72.3 Å². The standard InChI is InChI=1S/C13H24N6/c1-4-19-16-11(3)12(17-19)9-15-13(14)18-7-5-10(2)6-8-18/h10H,4-9H2,1-3H3,(H2,14,15). The van der Waals surface area contributed by atoms with Crippen molar-refractivity contribution in [3.05, 3.63) is 11.4 Å². The summed E-state index contributed by atoms with van der Waals surface area (Å²) in [4.78, 5) is 8.32. The number of rotatable bonds is 3. The van der Waals surface area contributed by atoms with Gasteiger partial charge in [-0.25, -0.2) is 4.99 Å².